The highest BCUT2D eigenvalue weighted by Crippen LogP contribution is 2.30. The van der Waals surface area contributed by atoms with Crippen molar-refractivity contribution in [2.75, 3.05) is 6.61 Å². The Morgan fingerprint density at radius 3 is 2.44 bits per heavy atom. The number of pyridine rings is 2. The van der Waals surface area contributed by atoms with Crippen molar-refractivity contribution in [1.29, 1.82) is 0 Å². The van der Waals surface area contributed by atoms with Crippen molar-refractivity contribution >= 4 is 11.9 Å². The summed E-state index contributed by atoms with van der Waals surface area (Å²) in [6, 6.07) is 5.56. The maximum absolute atomic E-state index is 12.6. The van der Waals surface area contributed by atoms with E-state index < -0.39 is 12.1 Å². The van der Waals surface area contributed by atoms with Crippen molar-refractivity contribution in [2.24, 2.45) is 5.92 Å². The van der Waals surface area contributed by atoms with E-state index in [9.17, 15) is 18.0 Å². The van der Waals surface area contributed by atoms with Crippen LogP contribution in [0.25, 0.3) is 11.4 Å². The van der Waals surface area contributed by atoms with Crippen molar-refractivity contribution in [3.63, 3.8) is 0 Å². The summed E-state index contributed by atoms with van der Waals surface area (Å²) in [4.78, 5) is 38.7. The van der Waals surface area contributed by atoms with Crippen LogP contribution in [-0.2, 0) is 4.79 Å². The van der Waals surface area contributed by atoms with Gasteiger partial charge in [-0.1, -0.05) is 19.8 Å². The predicted molar refractivity (Wildman–Crippen MR) is 133 cm³/mol. The number of ether oxygens (including phenoxy) is 2. The zero-order chi connectivity index (χ0) is 28.4. The minimum absolute atomic E-state index is 0.135. The average molecular weight is 548 g/mol. The lowest BCUT2D eigenvalue weighted by atomic mass is 9.86. The summed E-state index contributed by atoms with van der Waals surface area (Å²) in [6.07, 6.45) is 7.43. The van der Waals surface area contributed by atoms with Crippen molar-refractivity contribution in [2.45, 2.75) is 51.7 Å². The number of carbonyl (C=O) groups excluding carboxylic acids is 1. The van der Waals surface area contributed by atoms with Gasteiger partial charge in [0.15, 0.2) is 11.6 Å². The lowest BCUT2D eigenvalue weighted by Gasteiger charge is -2.29. The second-order valence-electron chi connectivity index (χ2n) is 8.69. The molecule has 0 aliphatic heterocycles. The van der Waals surface area contributed by atoms with Gasteiger partial charge in [0.2, 0.25) is 0 Å². The van der Waals surface area contributed by atoms with Crippen LogP contribution < -0.4 is 14.8 Å². The summed E-state index contributed by atoms with van der Waals surface area (Å²) >= 11 is 0. The smallest absolute Gasteiger partial charge is 0.488 e. The van der Waals surface area contributed by atoms with Gasteiger partial charge < -0.3 is 19.9 Å². The lowest BCUT2D eigenvalue weighted by molar-refractivity contribution is -0.192. The molecule has 39 heavy (non-hydrogen) atoms. The normalized spacial score (nSPS) is 16.8. The second-order valence-corrected chi connectivity index (χ2v) is 8.69. The molecule has 1 fully saturated rings. The summed E-state index contributed by atoms with van der Waals surface area (Å²) in [7, 11) is 0. The van der Waals surface area contributed by atoms with E-state index in [0.29, 0.717) is 46.9 Å². The SMILES string of the molecule is CCOc1cccnc1Oc1cncc(-c2ncc(C(=O)N[C@H]3CCCC[C@H]3C)cn2)c1.O=C(O)C(F)(F)F. The van der Waals surface area contributed by atoms with Crippen LogP contribution in [0.2, 0.25) is 0 Å². The molecular formula is C26H28F3N5O5. The largest absolute Gasteiger partial charge is 0.490 e. The van der Waals surface area contributed by atoms with E-state index in [-0.39, 0.29) is 11.9 Å². The topological polar surface area (TPSA) is 136 Å². The number of aliphatic carboxylic acids is 1. The molecule has 2 atom stereocenters. The first-order valence-corrected chi connectivity index (χ1v) is 12.2. The Bertz CT molecular complexity index is 1260. The second kappa shape index (κ2) is 13.5. The molecule has 0 aromatic carbocycles. The van der Waals surface area contributed by atoms with E-state index in [1.807, 2.05) is 6.92 Å². The van der Waals surface area contributed by atoms with E-state index in [2.05, 4.69) is 32.2 Å². The minimum Gasteiger partial charge on any atom is -0.488 e. The zero-order valence-corrected chi connectivity index (χ0v) is 21.3. The Morgan fingerprint density at radius 1 is 1.10 bits per heavy atom. The highest BCUT2D eigenvalue weighted by Gasteiger charge is 2.38. The standard InChI is InChI=1S/C24H27N5O3.C2HF3O2/c1-3-31-21-9-6-10-26-24(21)32-19-11-17(12-25-15-19)22-27-13-18(14-28-22)23(30)29-20-8-5-4-7-16(20)2;3-2(4,5)1(6)7/h6,9-16,20H,3-5,7-8H2,1-2H3,(H,29,30);(H,6,7)/t16-,20+;/m1./s1. The van der Waals surface area contributed by atoms with Crippen molar-refractivity contribution in [1.82, 2.24) is 25.3 Å². The van der Waals surface area contributed by atoms with Crippen LogP contribution >= 0.6 is 0 Å². The first-order valence-electron chi connectivity index (χ1n) is 12.2. The summed E-state index contributed by atoms with van der Waals surface area (Å²) < 4.78 is 43.1. The molecule has 1 amide bonds. The number of alkyl halides is 3. The summed E-state index contributed by atoms with van der Waals surface area (Å²) in [5, 5.41) is 10.3. The van der Waals surface area contributed by atoms with E-state index in [1.54, 1.807) is 49.2 Å². The Morgan fingerprint density at radius 2 is 1.79 bits per heavy atom. The minimum atomic E-state index is -5.08. The van der Waals surface area contributed by atoms with Gasteiger partial charge in [-0.05, 0) is 43.9 Å². The third-order valence-electron chi connectivity index (χ3n) is 5.81. The molecule has 0 unspecified atom stereocenters. The van der Waals surface area contributed by atoms with Crippen LogP contribution in [0.1, 0.15) is 49.9 Å². The number of carbonyl (C=O) groups is 2. The molecule has 4 rings (SSSR count). The van der Waals surface area contributed by atoms with Gasteiger partial charge in [-0.15, -0.1) is 0 Å². The molecule has 3 aromatic rings. The van der Waals surface area contributed by atoms with E-state index >= 15 is 0 Å². The number of aromatic nitrogens is 4. The van der Waals surface area contributed by atoms with Gasteiger partial charge in [0.1, 0.15) is 5.75 Å². The molecule has 2 N–H and O–H groups in total. The molecule has 13 heteroatoms. The summed E-state index contributed by atoms with van der Waals surface area (Å²) in [5.74, 6) is -0.548. The molecule has 0 radical (unpaired) electrons. The monoisotopic (exact) mass is 547 g/mol. The van der Waals surface area contributed by atoms with Gasteiger partial charge in [-0.2, -0.15) is 13.2 Å². The van der Waals surface area contributed by atoms with Crippen LogP contribution in [0.5, 0.6) is 17.4 Å². The molecule has 10 nitrogen and oxygen atoms in total. The highest BCUT2D eigenvalue weighted by atomic mass is 19.4. The molecule has 3 heterocycles. The maximum Gasteiger partial charge on any atom is 0.490 e. The molecule has 1 aliphatic carbocycles. The quantitative estimate of drug-likeness (QED) is 0.416. The average Bonchev–Trinajstić information content (AvgIpc) is 2.91. The van der Waals surface area contributed by atoms with Gasteiger partial charge in [0.25, 0.3) is 11.8 Å². The Hall–Kier alpha value is -4.29. The number of hydrogen-bond acceptors (Lipinski definition) is 8. The number of nitrogens with zero attached hydrogens (tertiary/aromatic N) is 4. The molecule has 208 valence electrons. The number of rotatable bonds is 7. The fraction of sp³-hybridized carbons (Fsp3) is 0.385. The van der Waals surface area contributed by atoms with Crippen LogP contribution in [-0.4, -0.2) is 55.7 Å². The lowest BCUT2D eigenvalue weighted by Crippen LogP contribution is -2.41. The highest BCUT2D eigenvalue weighted by molar-refractivity contribution is 5.93. The predicted octanol–water partition coefficient (Wildman–Crippen LogP) is 5.07. The first kappa shape index (κ1) is 29.3. The van der Waals surface area contributed by atoms with E-state index in [0.717, 1.165) is 19.3 Å². The molecular weight excluding hydrogens is 519 g/mol. The number of carboxylic acids is 1. The van der Waals surface area contributed by atoms with Gasteiger partial charge in [-0.25, -0.2) is 19.7 Å². The molecule has 1 aliphatic rings. The zero-order valence-electron chi connectivity index (χ0n) is 21.3. The number of amides is 1. The van der Waals surface area contributed by atoms with Crippen molar-refractivity contribution < 1.29 is 37.3 Å². The number of nitrogens with one attached hydrogen (secondary N) is 1. The van der Waals surface area contributed by atoms with Crippen LogP contribution in [0, 0.1) is 5.92 Å². The number of hydrogen-bond donors (Lipinski definition) is 2. The number of halogens is 3. The van der Waals surface area contributed by atoms with Crippen LogP contribution in [0.15, 0.2) is 49.2 Å². The van der Waals surface area contributed by atoms with Crippen molar-refractivity contribution in [3.05, 3.63) is 54.7 Å². The Balaban J connectivity index is 0.000000532. The number of carboxylic acid groups (broad SMARTS) is 1. The fourth-order valence-electron chi connectivity index (χ4n) is 3.80. The van der Waals surface area contributed by atoms with Crippen LogP contribution in [0.3, 0.4) is 0 Å². The Labute approximate surface area is 222 Å². The van der Waals surface area contributed by atoms with Gasteiger partial charge >= 0.3 is 12.1 Å². The summed E-state index contributed by atoms with van der Waals surface area (Å²) in [5.41, 5.74) is 1.12. The van der Waals surface area contributed by atoms with Gasteiger partial charge in [0, 0.05) is 36.4 Å². The van der Waals surface area contributed by atoms with E-state index in [1.165, 1.54) is 6.42 Å². The van der Waals surface area contributed by atoms with E-state index in [4.69, 9.17) is 19.4 Å². The van der Waals surface area contributed by atoms with Crippen LogP contribution in [0.4, 0.5) is 13.2 Å². The molecule has 3 aromatic heterocycles. The fourth-order valence-corrected chi connectivity index (χ4v) is 3.80. The van der Waals surface area contributed by atoms with Gasteiger partial charge in [0.05, 0.1) is 18.4 Å². The molecule has 0 spiro atoms. The molecule has 1 saturated carbocycles. The maximum atomic E-state index is 12.6. The molecule has 0 bridgehead atoms. The first-order chi connectivity index (χ1) is 18.6. The van der Waals surface area contributed by atoms with Crippen molar-refractivity contribution in [3.8, 4) is 28.8 Å². The summed E-state index contributed by atoms with van der Waals surface area (Å²) in [6.45, 7) is 4.60. The third kappa shape index (κ3) is 8.62. The molecule has 0 saturated heterocycles. The Kier molecular flexibility index (Phi) is 10.1. The third-order valence-corrected chi connectivity index (χ3v) is 5.81. The van der Waals surface area contributed by atoms with Gasteiger partial charge in [-0.3, -0.25) is 9.78 Å².